The number of hydrogen-bond acceptors (Lipinski definition) is 3. The van der Waals surface area contributed by atoms with Crippen LogP contribution in [0.5, 0.6) is 0 Å². The molecule has 1 aliphatic heterocycles. The maximum Gasteiger partial charge on any atom is 0.243 e. The van der Waals surface area contributed by atoms with Gasteiger partial charge in [-0.25, -0.2) is 0 Å². The number of nitrogens with one attached hydrogen (secondary N) is 1. The van der Waals surface area contributed by atoms with Crippen LogP contribution in [0.15, 0.2) is 18.5 Å². The molecule has 1 aromatic heterocycles. The monoisotopic (exact) mass is 261 g/mol. The normalized spacial score (nSPS) is 19.8. The molecule has 0 spiro atoms. The van der Waals surface area contributed by atoms with Gasteiger partial charge in [0.25, 0.3) is 0 Å². The van der Waals surface area contributed by atoms with Crippen molar-refractivity contribution >= 4 is 11.8 Å². The molecule has 1 atom stereocenters. The van der Waals surface area contributed by atoms with E-state index < -0.39 is 6.04 Å². The Balaban J connectivity index is 2.26. The highest BCUT2D eigenvalue weighted by molar-refractivity contribution is 5.94. The molecule has 0 radical (unpaired) electrons. The van der Waals surface area contributed by atoms with E-state index in [2.05, 4.69) is 10.3 Å². The number of pyridine rings is 1. The molecule has 19 heavy (non-hydrogen) atoms. The molecule has 1 N–H and O–H groups in total. The Hall–Kier alpha value is -1.91. The lowest BCUT2D eigenvalue weighted by atomic mass is 9.98. The summed E-state index contributed by atoms with van der Waals surface area (Å²) >= 11 is 0. The Bertz CT molecular complexity index is 499. The zero-order valence-corrected chi connectivity index (χ0v) is 11.5. The van der Waals surface area contributed by atoms with Crippen molar-refractivity contribution in [1.29, 1.82) is 0 Å². The molecular formula is C14H19N3O2. The topological polar surface area (TPSA) is 62.3 Å². The van der Waals surface area contributed by atoms with E-state index in [-0.39, 0.29) is 24.3 Å². The lowest BCUT2D eigenvalue weighted by molar-refractivity contribution is -0.148. The molecule has 2 rings (SSSR count). The van der Waals surface area contributed by atoms with Crippen LogP contribution in [0.1, 0.15) is 25.0 Å². The first-order valence-electron chi connectivity index (χ1n) is 6.47. The number of aromatic nitrogens is 1. The number of nitrogens with zero attached hydrogens (tertiary/aromatic N) is 2. The molecule has 5 nitrogen and oxygen atoms in total. The molecule has 0 bridgehead atoms. The molecule has 0 saturated carbocycles. The lowest BCUT2D eigenvalue weighted by Crippen LogP contribution is -2.59. The molecule has 1 aliphatic rings. The van der Waals surface area contributed by atoms with Crippen molar-refractivity contribution in [3.8, 4) is 0 Å². The Kier molecular flexibility index (Phi) is 3.83. The van der Waals surface area contributed by atoms with Gasteiger partial charge in [-0.3, -0.25) is 14.6 Å². The number of aryl methyl sites for hydroxylation is 1. The minimum Gasteiger partial charge on any atom is -0.345 e. The maximum absolute atomic E-state index is 12.1. The highest BCUT2D eigenvalue weighted by atomic mass is 16.2. The van der Waals surface area contributed by atoms with Gasteiger partial charge in [0, 0.05) is 18.9 Å². The van der Waals surface area contributed by atoms with Gasteiger partial charge < -0.3 is 10.2 Å². The molecule has 5 heteroatoms. The molecule has 0 aliphatic carbocycles. The van der Waals surface area contributed by atoms with Crippen LogP contribution in [0.25, 0.3) is 0 Å². The van der Waals surface area contributed by atoms with Gasteiger partial charge in [-0.1, -0.05) is 13.8 Å². The van der Waals surface area contributed by atoms with Gasteiger partial charge in [0.1, 0.15) is 6.04 Å². The van der Waals surface area contributed by atoms with Crippen molar-refractivity contribution < 1.29 is 9.59 Å². The van der Waals surface area contributed by atoms with Crippen molar-refractivity contribution in [2.45, 2.75) is 33.4 Å². The predicted molar refractivity (Wildman–Crippen MR) is 71.2 cm³/mol. The summed E-state index contributed by atoms with van der Waals surface area (Å²) in [5.74, 6) is -0.0288. The molecule has 2 heterocycles. The zero-order chi connectivity index (χ0) is 14.0. The second kappa shape index (κ2) is 5.38. The first-order chi connectivity index (χ1) is 9.00. The second-order valence-corrected chi connectivity index (χ2v) is 5.23. The van der Waals surface area contributed by atoms with Gasteiger partial charge in [-0.2, -0.15) is 0 Å². The van der Waals surface area contributed by atoms with Gasteiger partial charge >= 0.3 is 0 Å². The Morgan fingerprint density at radius 2 is 2.21 bits per heavy atom. The quantitative estimate of drug-likeness (QED) is 0.878. The number of hydrogen-bond donors (Lipinski definition) is 1. The number of amides is 2. The van der Waals surface area contributed by atoms with Gasteiger partial charge in [-0.15, -0.1) is 0 Å². The van der Waals surface area contributed by atoms with Crippen LogP contribution >= 0.6 is 0 Å². The summed E-state index contributed by atoms with van der Waals surface area (Å²) < 4.78 is 0. The highest BCUT2D eigenvalue weighted by Gasteiger charge is 2.36. The van der Waals surface area contributed by atoms with Crippen LogP contribution in [0, 0.1) is 12.8 Å². The van der Waals surface area contributed by atoms with Crippen molar-refractivity contribution in [3.05, 3.63) is 29.6 Å². The first kappa shape index (κ1) is 13.5. The van der Waals surface area contributed by atoms with Crippen LogP contribution in [0.3, 0.4) is 0 Å². The van der Waals surface area contributed by atoms with Gasteiger partial charge in [0.15, 0.2) is 0 Å². The van der Waals surface area contributed by atoms with Gasteiger partial charge in [0.2, 0.25) is 11.8 Å². The predicted octanol–water partition coefficient (Wildman–Crippen LogP) is 0.873. The molecule has 1 saturated heterocycles. The van der Waals surface area contributed by atoms with E-state index in [9.17, 15) is 9.59 Å². The van der Waals surface area contributed by atoms with Crippen LogP contribution in [0.2, 0.25) is 0 Å². The summed E-state index contributed by atoms with van der Waals surface area (Å²) in [6, 6.07) is 1.51. The summed E-state index contributed by atoms with van der Waals surface area (Å²) in [7, 11) is 0. The van der Waals surface area contributed by atoms with Crippen molar-refractivity contribution in [2.75, 3.05) is 6.54 Å². The molecular weight excluding hydrogens is 242 g/mol. The average molecular weight is 261 g/mol. The van der Waals surface area contributed by atoms with Gasteiger partial charge in [-0.05, 0) is 30.0 Å². The van der Waals surface area contributed by atoms with E-state index in [0.717, 1.165) is 11.1 Å². The maximum atomic E-state index is 12.1. The summed E-state index contributed by atoms with van der Waals surface area (Å²) in [5, 5.41) is 2.65. The van der Waals surface area contributed by atoms with E-state index in [1.807, 2.05) is 26.8 Å². The summed E-state index contributed by atoms with van der Waals surface area (Å²) in [4.78, 5) is 29.8. The number of piperazine rings is 1. The minimum atomic E-state index is -0.402. The molecule has 0 aromatic carbocycles. The molecule has 1 fully saturated rings. The smallest absolute Gasteiger partial charge is 0.243 e. The standard InChI is InChI=1S/C14H19N3O2/c1-9(2)13-14(19)16-7-12(18)17(13)8-11-6-15-5-4-10(11)3/h4-6,9,13H,7-8H2,1-3H3,(H,16,19). The molecule has 2 amide bonds. The van der Waals surface area contributed by atoms with Crippen LogP contribution < -0.4 is 5.32 Å². The van der Waals surface area contributed by atoms with Crippen molar-refractivity contribution in [2.24, 2.45) is 5.92 Å². The van der Waals surface area contributed by atoms with E-state index in [1.165, 1.54) is 0 Å². The molecule has 102 valence electrons. The molecule has 1 unspecified atom stereocenters. The zero-order valence-electron chi connectivity index (χ0n) is 11.5. The summed E-state index contributed by atoms with van der Waals surface area (Å²) in [6.45, 7) is 6.41. The van der Waals surface area contributed by atoms with Crippen LogP contribution in [-0.4, -0.2) is 34.3 Å². The van der Waals surface area contributed by atoms with E-state index in [0.29, 0.717) is 6.54 Å². The Labute approximate surface area is 113 Å². The van der Waals surface area contributed by atoms with E-state index in [1.54, 1.807) is 17.3 Å². The van der Waals surface area contributed by atoms with Crippen molar-refractivity contribution in [3.63, 3.8) is 0 Å². The SMILES string of the molecule is Cc1ccncc1CN1C(=O)CNC(=O)C1C(C)C. The first-order valence-corrected chi connectivity index (χ1v) is 6.47. The fourth-order valence-electron chi connectivity index (χ4n) is 2.36. The Morgan fingerprint density at radius 3 is 2.84 bits per heavy atom. The van der Waals surface area contributed by atoms with E-state index in [4.69, 9.17) is 0 Å². The third-order valence-electron chi connectivity index (χ3n) is 3.46. The summed E-state index contributed by atoms with van der Waals surface area (Å²) in [6.07, 6.45) is 3.48. The Morgan fingerprint density at radius 1 is 1.47 bits per heavy atom. The average Bonchev–Trinajstić information content (AvgIpc) is 2.36. The number of carbonyl (C=O) groups excluding carboxylic acids is 2. The third kappa shape index (κ3) is 2.75. The highest BCUT2D eigenvalue weighted by Crippen LogP contribution is 2.19. The molecule has 1 aromatic rings. The number of rotatable bonds is 3. The minimum absolute atomic E-state index is 0.0402. The number of carbonyl (C=O) groups is 2. The second-order valence-electron chi connectivity index (χ2n) is 5.23. The van der Waals surface area contributed by atoms with Crippen LogP contribution in [-0.2, 0) is 16.1 Å². The van der Waals surface area contributed by atoms with Gasteiger partial charge in [0.05, 0.1) is 6.54 Å². The van der Waals surface area contributed by atoms with Crippen LogP contribution in [0.4, 0.5) is 0 Å². The largest absolute Gasteiger partial charge is 0.345 e. The third-order valence-corrected chi connectivity index (χ3v) is 3.46. The summed E-state index contributed by atoms with van der Waals surface area (Å²) in [5.41, 5.74) is 2.06. The fourth-order valence-corrected chi connectivity index (χ4v) is 2.36. The lowest BCUT2D eigenvalue weighted by Gasteiger charge is -2.37. The van der Waals surface area contributed by atoms with E-state index >= 15 is 0 Å². The fraction of sp³-hybridized carbons (Fsp3) is 0.500. The van der Waals surface area contributed by atoms with Crippen molar-refractivity contribution in [1.82, 2.24) is 15.2 Å².